The number of halogens is 2. The van der Waals surface area contributed by atoms with Gasteiger partial charge < -0.3 is 15.2 Å². The molecule has 1 heterocycles. The molecule has 0 bridgehead atoms. The van der Waals surface area contributed by atoms with Gasteiger partial charge in [0.2, 0.25) is 0 Å². The largest absolute Gasteiger partial charge is 0.492 e. The number of hydrogen-bond acceptors (Lipinski definition) is 5. The molecule has 0 aliphatic heterocycles. The molecule has 0 fully saturated rings. The summed E-state index contributed by atoms with van der Waals surface area (Å²) in [6.45, 7) is 0. The van der Waals surface area contributed by atoms with Gasteiger partial charge in [-0.15, -0.1) is 4.68 Å². The predicted octanol–water partition coefficient (Wildman–Crippen LogP) is 2.29. The van der Waals surface area contributed by atoms with Crippen molar-refractivity contribution in [2.24, 2.45) is 0 Å². The monoisotopic (exact) mass is 346 g/mol. The minimum absolute atomic E-state index is 0.00458. The number of benzene rings is 1. The Kier molecular flexibility index (Phi) is 3.49. The molecule has 1 aromatic heterocycles. The number of hydrogen-bond donors (Lipinski definition) is 1. The lowest BCUT2D eigenvalue weighted by molar-refractivity contribution is -0.394. The van der Waals surface area contributed by atoms with Gasteiger partial charge in [0.05, 0.1) is 16.3 Å². The first kappa shape index (κ1) is 13.4. The molecule has 0 unspecified atom stereocenters. The summed E-state index contributed by atoms with van der Waals surface area (Å²) in [7, 11) is 0. The van der Waals surface area contributed by atoms with Crippen molar-refractivity contribution >= 4 is 39.4 Å². The maximum absolute atomic E-state index is 10.8. The maximum atomic E-state index is 10.8. The second kappa shape index (κ2) is 4.94. The maximum Gasteiger partial charge on any atom is 0.492 e. The lowest BCUT2D eigenvalue weighted by Crippen LogP contribution is -2.01. The number of carbonyl (C=O) groups is 1. The summed E-state index contributed by atoms with van der Waals surface area (Å²) < 4.78 is 1.24. The first-order chi connectivity index (χ1) is 8.90. The summed E-state index contributed by atoms with van der Waals surface area (Å²) in [5.41, 5.74) is 0.277. The molecule has 1 aromatic carbocycles. The highest BCUT2D eigenvalue weighted by Gasteiger charge is 2.21. The van der Waals surface area contributed by atoms with Crippen LogP contribution in [0.5, 0.6) is 0 Å². The van der Waals surface area contributed by atoms with Crippen LogP contribution in [0.4, 0.5) is 5.95 Å². The smallest absolute Gasteiger partial charge is 0.478 e. The second-order valence-electron chi connectivity index (χ2n) is 3.32. The van der Waals surface area contributed by atoms with Crippen LogP contribution in [-0.4, -0.2) is 30.8 Å². The van der Waals surface area contributed by atoms with Crippen molar-refractivity contribution in [1.82, 2.24) is 14.8 Å². The molecule has 0 amide bonds. The molecule has 0 aliphatic carbocycles. The summed E-state index contributed by atoms with van der Waals surface area (Å²) in [4.78, 5) is 24.2. The van der Waals surface area contributed by atoms with Gasteiger partial charge >= 0.3 is 11.9 Å². The average Bonchev–Trinajstić information content (AvgIpc) is 2.71. The van der Waals surface area contributed by atoms with Gasteiger partial charge in [-0.1, -0.05) is 11.6 Å². The molecule has 0 spiro atoms. The van der Waals surface area contributed by atoms with E-state index in [1.165, 1.54) is 18.2 Å². The molecular formula is C9H4BrClN4O4. The van der Waals surface area contributed by atoms with Crippen molar-refractivity contribution in [2.45, 2.75) is 0 Å². The third-order valence-electron chi connectivity index (χ3n) is 2.15. The molecule has 0 radical (unpaired) electrons. The Balaban J connectivity index is 2.51. The van der Waals surface area contributed by atoms with Gasteiger partial charge in [0.25, 0.3) is 4.73 Å². The van der Waals surface area contributed by atoms with Crippen molar-refractivity contribution in [3.05, 3.63) is 43.6 Å². The lowest BCUT2D eigenvalue weighted by atomic mass is 10.2. The van der Waals surface area contributed by atoms with Crippen molar-refractivity contribution in [2.75, 3.05) is 0 Å². The normalized spacial score (nSPS) is 10.4. The zero-order valence-electron chi connectivity index (χ0n) is 8.95. The van der Waals surface area contributed by atoms with E-state index in [-0.39, 0.29) is 15.3 Å². The van der Waals surface area contributed by atoms with E-state index in [2.05, 4.69) is 26.0 Å². The van der Waals surface area contributed by atoms with Crippen LogP contribution in [0.2, 0.25) is 5.02 Å². The Morgan fingerprint density at radius 3 is 2.68 bits per heavy atom. The van der Waals surface area contributed by atoms with Crippen LogP contribution >= 0.6 is 27.5 Å². The first-order valence-corrected chi connectivity index (χ1v) is 5.87. The summed E-state index contributed by atoms with van der Waals surface area (Å²) in [6, 6.07) is 4.02. The van der Waals surface area contributed by atoms with Crippen LogP contribution in [0.25, 0.3) is 5.69 Å². The standard InChI is InChI=1S/C9H4BrClN4O4/c10-8-12-9(15(18)19)13-14(8)4-1-2-5(7(16)17)6(11)3-4/h1-3H,(H,16,17). The van der Waals surface area contributed by atoms with Gasteiger partial charge in [-0.25, -0.2) is 4.79 Å². The number of carboxylic acids is 1. The molecule has 8 nitrogen and oxygen atoms in total. The Labute approximate surface area is 118 Å². The fourth-order valence-corrected chi connectivity index (χ4v) is 2.03. The number of rotatable bonds is 3. The van der Waals surface area contributed by atoms with Crippen molar-refractivity contribution in [3.63, 3.8) is 0 Å². The molecule has 98 valence electrons. The van der Waals surface area contributed by atoms with E-state index in [0.29, 0.717) is 5.69 Å². The van der Waals surface area contributed by atoms with E-state index >= 15 is 0 Å². The van der Waals surface area contributed by atoms with Crippen LogP contribution in [0.1, 0.15) is 10.4 Å². The van der Waals surface area contributed by atoms with Crippen LogP contribution in [-0.2, 0) is 0 Å². The van der Waals surface area contributed by atoms with Crippen LogP contribution < -0.4 is 0 Å². The van der Waals surface area contributed by atoms with Gasteiger partial charge in [0.1, 0.15) is 0 Å². The zero-order valence-corrected chi connectivity index (χ0v) is 11.3. The Bertz CT molecular complexity index is 687. The average molecular weight is 348 g/mol. The molecule has 19 heavy (non-hydrogen) atoms. The number of aromatic nitrogens is 3. The van der Waals surface area contributed by atoms with Crippen molar-refractivity contribution in [3.8, 4) is 5.69 Å². The Morgan fingerprint density at radius 1 is 1.53 bits per heavy atom. The highest BCUT2D eigenvalue weighted by Crippen LogP contribution is 2.23. The van der Waals surface area contributed by atoms with Crippen LogP contribution in [0, 0.1) is 10.1 Å². The molecule has 0 atom stereocenters. The van der Waals surface area contributed by atoms with Gasteiger partial charge in [-0.3, -0.25) is 0 Å². The highest BCUT2D eigenvalue weighted by molar-refractivity contribution is 9.10. The SMILES string of the molecule is O=C(O)c1ccc(-n2nc([N+](=O)[O-])nc2Br)cc1Cl. The van der Waals surface area contributed by atoms with E-state index in [1.54, 1.807) is 0 Å². The van der Waals surface area contributed by atoms with Crippen molar-refractivity contribution in [1.29, 1.82) is 0 Å². The van der Waals surface area contributed by atoms with Gasteiger partial charge in [0, 0.05) is 21.0 Å². The summed E-state index contributed by atoms with van der Waals surface area (Å²) >= 11 is 8.82. The third kappa shape index (κ3) is 2.56. The second-order valence-corrected chi connectivity index (χ2v) is 4.44. The minimum Gasteiger partial charge on any atom is -0.478 e. The van der Waals surface area contributed by atoms with E-state index in [1.807, 2.05) is 0 Å². The molecule has 2 rings (SSSR count). The fraction of sp³-hybridized carbons (Fsp3) is 0. The topological polar surface area (TPSA) is 111 Å². The summed E-state index contributed by atoms with van der Waals surface area (Å²) in [6.07, 6.45) is 0. The van der Waals surface area contributed by atoms with Gasteiger partial charge in [-0.05, 0) is 28.1 Å². The fourth-order valence-electron chi connectivity index (χ4n) is 1.33. The third-order valence-corrected chi connectivity index (χ3v) is 2.97. The lowest BCUT2D eigenvalue weighted by Gasteiger charge is -2.01. The number of carboxylic acid groups (broad SMARTS) is 1. The van der Waals surface area contributed by atoms with Gasteiger partial charge in [0.15, 0.2) is 0 Å². The van der Waals surface area contributed by atoms with E-state index < -0.39 is 16.8 Å². The first-order valence-electron chi connectivity index (χ1n) is 4.70. The zero-order chi connectivity index (χ0) is 14.2. The molecule has 10 heteroatoms. The highest BCUT2D eigenvalue weighted by atomic mass is 79.9. The molecule has 0 saturated heterocycles. The Hall–Kier alpha value is -2.00. The van der Waals surface area contributed by atoms with E-state index in [0.717, 1.165) is 4.68 Å². The quantitative estimate of drug-likeness (QED) is 0.673. The van der Waals surface area contributed by atoms with Crippen LogP contribution in [0.15, 0.2) is 22.9 Å². The minimum atomic E-state index is -1.17. The van der Waals surface area contributed by atoms with E-state index in [9.17, 15) is 14.9 Å². The van der Waals surface area contributed by atoms with Gasteiger partial charge in [-0.2, -0.15) is 0 Å². The Morgan fingerprint density at radius 2 is 2.21 bits per heavy atom. The number of nitro groups is 1. The van der Waals surface area contributed by atoms with Crippen LogP contribution in [0.3, 0.4) is 0 Å². The molecule has 2 aromatic rings. The summed E-state index contributed by atoms with van der Waals surface area (Å²) in [5, 5.41) is 23.0. The molecular weight excluding hydrogens is 343 g/mol. The predicted molar refractivity (Wildman–Crippen MR) is 67.7 cm³/mol. The number of nitrogens with zero attached hydrogens (tertiary/aromatic N) is 4. The molecule has 0 aliphatic rings. The molecule has 1 N–H and O–H groups in total. The van der Waals surface area contributed by atoms with E-state index in [4.69, 9.17) is 16.7 Å². The molecule has 0 saturated carbocycles. The number of aromatic carboxylic acids is 1. The summed E-state index contributed by atoms with van der Waals surface area (Å²) in [5.74, 6) is -1.74. The van der Waals surface area contributed by atoms with Crippen molar-refractivity contribution < 1.29 is 14.8 Å².